The molecule has 1 N–H and O–H groups in total. The smallest absolute Gasteiger partial charge is 0.226 e. The third-order valence-corrected chi connectivity index (χ3v) is 4.87. The van der Waals surface area contributed by atoms with Crippen LogP contribution in [0.5, 0.6) is 0 Å². The van der Waals surface area contributed by atoms with E-state index in [1.165, 1.54) is 0 Å². The Morgan fingerprint density at radius 3 is 2.57 bits per heavy atom. The van der Waals surface area contributed by atoms with Crippen molar-refractivity contribution in [2.24, 2.45) is 7.05 Å². The molecule has 9 heteroatoms. The largest absolute Gasteiger partial charge is 0.356 e. The molecule has 28 heavy (non-hydrogen) atoms. The van der Waals surface area contributed by atoms with E-state index in [0.29, 0.717) is 15.7 Å². The molecule has 4 rings (SSSR count). The van der Waals surface area contributed by atoms with Crippen molar-refractivity contribution >= 4 is 50.1 Å². The number of hydrogen-bond acceptors (Lipinski definition) is 5. The minimum atomic E-state index is -0.0131. The second-order valence-corrected chi connectivity index (χ2v) is 6.81. The van der Waals surface area contributed by atoms with Crippen LogP contribution in [0.1, 0.15) is 53.2 Å². The van der Waals surface area contributed by atoms with E-state index in [2.05, 4.69) is 36.4 Å². The van der Waals surface area contributed by atoms with Crippen LogP contribution in [0.25, 0.3) is 10.9 Å². The van der Waals surface area contributed by atoms with Gasteiger partial charge in [-0.2, -0.15) is 10.1 Å². The first-order chi connectivity index (χ1) is 13.6. The Balaban J connectivity index is 0.000000660. The lowest BCUT2D eigenvalue weighted by molar-refractivity contribution is -0.0366. The highest BCUT2D eigenvalue weighted by molar-refractivity contribution is 9.10. The lowest BCUT2D eigenvalue weighted by Gasteiger charge is -2.23. The first-order valence-corrected chi connectivity index (χ1v) is 10.9. The van der Waals surface area contributed by atoms with Crippen LogP contribution < -0.4 is 5.32 Å². The summed E-state index contributed by atoms with van der Waals surface area (Å²) < 4.78 is 9.91. The van der Waals surface area contributed by atoms with Crippen LogP contribution in [0.4, 0.5) is 11.6 Å². The highest BCUT2D eigenvalue weighted by Gasteiger charge is 2.20. The van der Waals surface area contributed by atoms with Gasteiger partial charge < -0.3 is 10.1 Å². The van der Waals surface area contributed by atoms with Gasteiger partial charge in [0.15, 0.2) is 6.23 Å². The standard InChI is InChI=1S/C15H16BrClN6O.2C2H6/c1-22-15(20-14(16)21-22)19-10-5-6-11-9(13(10)17)8-18-23(11)12-4-2-3-7-24-12;2*1-2/h5-6,8,12H,2-4,7H2,1H3,(H,19,20,21);2*1-2H3. The number of ether oxygens (including phenoxy) is 1. The van der Waals surface area contributed by atoms with Crippen molar-refractivity contribution in [1.29, 1.82) is 0 Å². The van der Waals surface area contributed by atoms with Gasteiger partial charge in [0.05, 0.1) is 22.4 Å². The van der Waals surface area contributed by atoms with Crippen molar-refractivity contribution in [1.82, 2.24) is 24.5 Å². The number of aromatic nitrogens is 5. The van der Waals surface area contributed by atoms with Crippen molar-refractivity contribution in [3.8, 4) is 0 Å². The molecule has 0 saturated carbocycles. The Kier molecular flexibility index (Phi) is 8.72. The molecule has 1 aliphatic heterocycles. The summed E-state index contributed by atoms with van der Waals surface area (Å²) in [7, 11) is 1.81. The zero-order chi connectivity index (χ0) is 20.7. The lowest BCUT2D eigenvalue weighted by Crippen LogP contribution is -2.18. The van der Waals surface area contributed by atoms with Gasteiger partial charge in [0.1, 0.15) is 0 Å². The molecular formula is C19H28BrClN6O. The lowest BCUT2D eigenvalue weighted by atomic mass is 10.2. The third kappa shape index (κ3) is 4.85. The fraction of sp³-hybridized carbons (Fsp3) is 0.526. The van der Waals surface area contributed by atoms with E-state index in [0.717, 1.165) is 42.5 Å². The van der Waals surface area contributed by atoms with Gasteiger partial charge in [-0.1, -0.05) is 39.3 Å². The number of fused-ring (bicyclic) bond motifs is 1. The number of halogens is 2. The van der Waals surface area contributed by atoms with Crippen molar-refractivity contribution in [3.05, 3.63) is 28.1 Å². The monoisotopic (exact) mass is 470 g/mol. The van der Waals surface area contributed by atoms with Crippen LogP contribution >= 0.6 is 27.5 Å². The molecule has 1 aliphatic rings. The SMILES string of the molecule is CC.CC.Cn1nc(Br)nc1Nc1ccc2c(cnn2C2CCCCO2)c1Cl. The van der Waals surface area contributed by atoms with Gasteiger partial charge in [-0.25, -0.2) is 9.36 Å². The Hall–Kier alpha value is -1.64. The third-order valence-electron chi connectivity index (χ3n) is 4.13. The van der Waals surface area contributed by atoms with E-state index >= 15 is 0 Å². The number of rotatable bonds is 3. The number of benzene rings is 1. The molecule has 0 amide bonds. The molecule has 2 aromatic heterocycles. The van der Waals surface area contributed by atoms with Crippen molar-refractivity contribution in [3.63, 3.8) is 0 Å². The summed E-state index contributed by atoms with van der Waals surface area (Å²) in [6, 6.07) is 3.92. The highest BCUT2D eigenvalue weighted by Crippen LogP contribution is 2.35. The van der Waals surface area contributed by atoms with Gasteiger partial charge in [-0.3, -0.25) is 0 Å². The number of hydrogen-bond donors (Lipinski definition) is 1. The summed E-state index contributed by atoms with van der Waals surface area (Å²) in [5.41, 5.74) is 1.73. The molecule has 1 atom stereocenters. The zero-order valence-electron chi connectivity index (χ0n) is 17.0. The van der Waals surface area contributed by atoms with Gasteiger partial charge in [-0.05, 0) is 47.3 Å². The van der Waals surface area contributed by atoms with E-state index in [1.54, 1.807) is 10.9 Å². The molecule has 1 saturated heterocycles. The maximum absolute atomic E-state index is 6.58. The molecule has 154 valence electrons. The first-order valence-electron chi connectivity index (χ1n) is 9.74. The Bertz CT molecular complexity index is 888. The number of nitrogens with one attached hydrogen (secondary N) is 1. The van der Waals surface area contributed by atoms with E-state index in [4.69, 9.17) is 16.3 Å². The van der Waals surface area contributed by atoms with E-state index < -0.39 is 0 Å². The van der Waals surface area contributed by atoms with Gasteiger partial charge in [0.25, 0.3) is 0 Å². The fourth-order valence-corrected chi connectivity index (χ4v) is 3.57. The zero-order valence-corrected chi connectivity index (χ0v) is 19.4. The second-order valence-electron chi connectivity index (χ2n) is 5.72. The van der Waals surface area contributed by atoms with Crippen LogP contribution in [0.2, 0.25) is 5.02 Å². The van der Waals surface area contributed by atoms with Gasteiger partial charge in [0.2, 0.25) is 10.7 Å². The average molecular weight is 472 g/mol. The van der Waals surface area contributed by atoms with Crippen LogP contribution in [0.3, 0.4) is 0 Å². The van der Waals surface area contributed by atoms with Crippen molar-refractivity contribution < 1.29 is 4.74 Å². The van der Waals surface area contributed by atoms with Gasteiger partial charge in [0, 0.05) is 19.0 Å². The molecule has 1 aromatic carbocycles. The molecule has 1 fully saturated rings. The van der Waals surface area contributed by atoms with Gasteiger partial charge in [-0.15, -0.1) is 5.10 Å². The van der Waals surface area contributed by atoms with Crippen LogP contribution in [0, 0.1) is 0 Å². The fourth-order valence-electron chi connectivity index (χ4n) is 2.91. The maximum atomic E-state index is 6.58. The highest BCUT2D eigenvalue weighted by atomic mass is 79.9. The van der Waals surface area contributed by atoms with Crippen molar-refractivity contribution in [2.45, 2.75) is 53.2 Å². The molecular weight excluding hydrogens is 444 g/mol. The summed E-state index contributed by atoms with van der Waals surface area (Å²) in [4.78, 5) is 4.26. The van der Waals surface area contributed by atoms with Gasteiger partial charge >= 0.3 is 0 Å². The molecule has 0 radical (unpaired) electrons. The predicted molar refractivity (Wildman–Crippen MR) is 118 cm³/mol. The van der Waals surface area contributed by atoms with Crippen LogP contribution in [-0.4, -0.2) is 31.2 Å². The quantitative estimate of drug-likeness (QED) is 0.501. The number of anilines is 2. The Morgan fingerprint density at radius 2 is 1.96 bits per heavy atom. The summed E-state index contributed by atoms with van der Waals surface area (Å²) >= 11 is 9.84. The minimum Gasteiger partial charge on any atom is -0.356 e. The average Bonchev–Trinajstić information content (AvgIpc) is 3.31. The minimum absolute atomic E-state index is 0.0131. The summed E-state index contributed by atoms with van der Waals surface area (Å²) in [6.07, 6.45) is 5.01. The molecule has 0 bridgehead atoms. The predicted octanol–water partition coefficient (Wildman–Crippen LogP) is 6.08. The Morgan fingerprint density at radius 1 is 1.21 bits per heavy atom. The summed E-state index contributed by atoms with van der Waals surface area (Å²) in [5.74, 6) is 0.603. The normalized spacial score (nSPS) is 16.0. The Labute approximate surface area is 179 Å². The van der Waals surface area contributed by atoms with Crippen molar-refractivity contribution in [2.75, 3.05) is 11.9 Å². The molecule has 7 nitrogen and oxygen atoms in total. The molecule has 0 aliphatic carbocycles. The summed E-state index contributed by atoms with van der Waals surface area (Å²) in [5, 5.41) is 13.3. The number of aryl methyl sites for hydroxylation is 1. The first kappa shape index (κ1) is 22.6. The van der Waals surface area contributed by atoms with Crippen LogP contribution in [-0.2, 0) is 11.8 Å². The molecule has 3 heterocycles. The molecule has 3 aromatic rings. The topological polar surface area (TPSA) is 69.8 Å². The van der Waals surface area contributed by atoms with E-state index in [1.807, 2.05) is 51.6 Å². The maximum Gasteiger partial charge on any atom is 0.226 e. The molecule has 1 unspecified atom stereocenters. The summed E-state index contributed by atoms with van der Waals surface area (Å²) in [6.45, 7) is 8.78. The van der Waals surface area contributed by atoms with E-state index in [-0.39, 0.29) is 6.23 Å². The number of nitrogens with zero attached hydrogens (tertiary/aromatic N) is 5. The van der Waals surface area contributed by atoms with E-state index in [9.17, 15) is 0 Å². The second kappa shape index (κ2) is 10.8. The van der Waals surface area contributed by atoms with Crippen LogP contribution in [0.15, 0.2) is 23.1 Å². The molecule has 0 spiro atoms.